The Morgan fingerprint density at radius 2 is 1.80 bits per heavy atom. The molecule has 0 spiro atoms. The predicted molar refractivity (Wildman–Crippen MR) is 132 cm³/mol. The first kappa shape index (κ1) is 24.5. The number of carbonyl (C=O) groups is 2. The van der Waals surface area contributed by atoms with Crippen LogP contribution in [0.1, 0.15) is 49.7 Å². The average Bonchev–Trinajstić information content (AvgIpc) is 3.27. The Labute approximate surface area is 205 Å². The molecule has 4 aromatic rings. The summed E-state index contributed by atoms with van der Waals surface area (Å²) in [4.78, 5) is 43.9. The Hall–Kier alpha value is -3.66. The molecule has 0 fully saturated rings. The molecule has 2 aromatic heterocycles. The summed E-state index contributed by atoms with van der Waals surface area (Å²) in [7, 11) is 1.64. The molecule has 2 heterocycles. The van der Waals surface area contributed by atoms with Crippen molar-refractivity contribution in [3.8, 4) is 0 Å². The van der Waals surface area contributed by atoms with Crippen LogP contribution in [0.3, 0.4) is 0 Å². The van der Waals surface area contributed by atoms with Crippen molar-refractivity contribution in [2.75, 3.05) is 7.11 Å². The Morgan fingerprint density at radius 3 is 2.54 bits per heavy atom. The summed E-state index contributed by atoms with van der Waals surface area (Å²) in [5.74, 6) is -1.15. The second kappa shape index (κ2) is 11.2. The maximum atomic E-state index is 12.7. The van der Waals surface area contributed by atoms with E-state index in [1.807, 2.05) is 24.3 Å². The lowest BCUT2D eigenvalue weighted by Crippen LogP contribution is -2.16. The van der Waals surface area contributed by atoms with E-state index in [0.717, 1.165) is 16.7 Å². The number of aromatic carboxylic acids is 1. The van der Waals surface area contributed by atoms with Crippen LogP contribution in [0.5, 0.6) is 0 Å². The van der Waals surface area contributed by atoms with Crippen LogP contribution in [0.15, 0.2) is 58.7 Å². The van der Waals surface area contributed by atoms with Gasteiger partial charge in [0.1, 0.15) is 4.83 Å². The number of carboxylic acids is 1. The van der Waals surface area contributed by atoms with Crippen molar-refractivity contribution in [3.05, 3.63) is 97.9 Å². The molecule has 0 aliphatic carbocycles. The van der Waals surface area contributed by atoms with E-state index in [2.05, 4.69) is 9.97 Å². The molecule has 0 amide bonds. The minimum atomic E-state index is -0.983. The van der Waals surface area contributed by atoms with Crippen LogP contribution >= 0.6 is 11.3 Å². The van der Waals surface area contributed by atoms with Crippen molar-refractivity contribution in [3.63, 3.8) is 0 Å². The van der Waals surface area contributed by atoms with Crippen molar-refractivity contribution in [2.45, 2.75) is 32.7 Å². The SMILES string of the molecule is COCc1cccc(CCC(=O)c2nc3scc(COCc4ccc(C(=O)O)cc4)c3c(=O)[nH]2)c1. The highest BCUT2D eigenvalue weighted by Crippen LogP contribution is 2.22. The molecule has 180 valence electrons. The van der Waals surface area contributed by atoms with Gasteiger partial charge in [-0.25, -0.2) is 9.78 Å². The normalized spacial score (nSPS) is 11.1. The van der Waals surface area contributed by atoms with E-state index in [-0.39, 0.29) is 42.4 Å². The highest BCUT2D eigenvalue weighted by molar-refractivity contribution is 7.16. The Balaban J connectivity index is 1.39. The number of nitrogens with one attached hydrogen (secondary N) is 1. The summed E-state index contributed by atoms with van der Waals surface area (Å²) < 4.78 is 10.9. The van der Waals surface area contributed by atoms with Gasteiger partial charge in [0.2, 0.25) is 0 Å². The number of nitrogens with zero attached hydrogens (tertiary/aromatic N) is 1. The fourth-order valence-corrected chi connectivity index (χ4v) is 4.61. The zero-order chi connectivity index (χ0) is 24.8. The van der Waals surface area contributed by atoms with Crippen LogP contribution in [-0.4, -0.2) is 33.9 Å². The number of hydrogen-bond donors (Lipinski definition) is 2. The smallest absolute Gasteiger partial charge is 0.335 e. The van der Waals surface area contributed by atoms with Crippen molar-refractivity contribution < 1.29 is 24.2 Å². The predicted octanol–water partition coefficient (Wildman–Crippen LogP) is 4.36. The third-order valence-corrected chi connectivity index (χ3v) is 6.38. The van der Waals surface area contributed by atoms with Crippen molar-refractivity contribution in [1.82, 2.24) is 9.97 Å². The number of fused-ring (bicyclic) bond motifs is 1. The Kier molecular flexibility index (Phi) is 7.81. The number of carbonyl (C=O) groups excluding carboxylic acids is 1. The molecule has 8 nitrogen and oxygen atoms in total. The van der Waals surface area contributed by atoms with Gasteiger partial charge in [-0.3, -0.25) is 9.59 Å². The highest BCUT2D eigenvalue weighted by atomic mass is 32.1. The average molecular weight is 493 g/mol. The number of benzene rings is 2. The van der Waals surface area contributed by atoms with Gasteiger partial charge in [0.05, 0.1) is 30.8 Å². The van der Waals surface area contributed by atoms with Gasteiger partial charge in [0.15, 0.2) is 11.6 Å². The summed E-state index contributed by atoms with van der Waals surface area (Å²) in [5.41, 5.74) is 3.41. The van der Waals surface area contributed by atoms with Gasteiger partial charge in [-0.2, -0.15) is 0 Å². The van der Waals surface area contributed by atoms with Gasteiger partial charge in [-0.05, 0) is 40.6 Å². The zero-order valence-electron chi connectivity index (χ0n) is 19.1. The van der Waals surface area contributed by atoms with Crippen LogP contribution in [-0.2, 0) is 35.7 Å². The zero-order valence-corrected chi connectivity index (χ0v) is 19.9. The highest BCUT2D eigenvalue weighted by Gasteiger charge is 2.16. The molecule has 0 radical (unpaired) electrons. The van der Waals surface area contributed by atoms with E-state index in [1.54, 1.807) is 24.6 Å². The van der Waals surface area contributed by atoms with Crippen molar-refractivity contribution in [2.24, 2.45) is 0 Å². The second-order valence-corrected chi connectivity index (χ2v) is 8.88. The summed E-state index contributed by atoms with van der Waals surface area (Å²) in [6.07, 6.45) is 0.766. The number of aromatic amines is 1. The number of rotatable bonds is 11. The first-order valence-corrected chi connectivity index (χ1v) is 11.8. The molecule has 2 N–H and O–H groups in total. The minimum Gasteiger partial charge on any atom is -0.478 e. The number of Topliss-reactive ketones (excluding diaryl/α,β-unsaturated/α-hetero) is 1. The maximum Gasteiger partial charge on any atom is 0.335 e. The molecule has 0 atom stereocenters. The molecule has 9 heteroatoms. The Morgan fingerprint density at radius 1 is 1.03 bits per heavy atom. The fourth-order valence-electron chi connectivity index (χ4n) is 3.69. The van der Waals surface area contributed by atoms with Gasteiger partial charge >= 0.3 is 5.97 Å². The molecule has 0 saturated carbocycles. The van der Waals surface area contributed by atoms with Crippen LogP contribution in [0.2, 0.25) is 0 Å². The third-order valence-electron chi connectivity index (χ3n) is 5.45. The van der Waals surface area contributed by atoms with Gasteiger partial charge in [-0.1, -0.05) is 36.4 Å². The molecular formula is C26H24N2O6S. The number of H-pyrrole nitrogens is 1. The monoisotopic (exact) mass is 492 g/mol. The minimum absolute atomic E-state index is 0.0587. The summed E-state index contributed by atoms with van der Waals surface area (Å²) in [5, 5.41) is 11.2. The molecule has 2 aromatic carbocycles. The van der Waals surface area contributed by atoms with E-state index >= 15 is 0 Å². The van der Waals surface area contributed by atoms with Gasteiger partial charge in [0.25, 0.3) is 5.56 Å². The number of thiophene rings is 1. The fraction of sp³-hybridized carbons (Fsp3) is 0.231. The van der Waals surface area contributed by atoms with E-state index in [4.69, 9.17) is 14.6 Å². The number of methoxy groups -OCH3 is 1. The van der Waals surface area contributed by atoms with E-state index in [1.165, 1.54) is 23.5 Å². The molecule has 0 aliphatic heterocycles. The molecule has 4 rings (SSSR count). The third kappa shape index (κ3) is 6.07. The molecule has 0 saturated heterocycles. The summed E-state index contributed by atoms with van der Waals surface area (Å²) >= 11 is 1.29. The summed E-state index contributed by atoms with van der Waals surface area (Å²) in [6, 6.07) is 14.3. The van der Waals surface area contributed by atoms with E-state index < -0.39 is 5.97 Å². The number of ether oxygens (including phenoxy) is 2. The van der Waals surface area contributed by atoms with Crippen LogP contribution in [0, 0.1) is 0 Å². The summed E-state index contributed by atoms with van der Waals surface area (Å²) in [6.45, 7) is 0.968. The lowest BCUT2D eigenvalue weighted by atomic mass is 10.0. The van der Waals surface area contributed by atoms with E-state index in [0.29, 0.717) is 28.8 Å². The van der Waals surface area contributed by atoms with Gasteiger partial charge < -0.3 is 19.6 Å². The van der Waals surface area contributed by atoms with Gasteiger partial charge in [0, 0.05) is 19.1 Å². The van der Waals surface area contributed by atoms with Crippen LogP contribution < -0.4 is 5.56 Å². The van der Waals surface area contributed by atoms with Crippen LogP contribution in [0.25, 0.3) is 10.2 Å². The quantitative estimate of drug-likeness (QED) is 0.299. The lowest BCUT2D eigenvalue weighted by Gasteiger charge is -2.06. The number of hydrogen-bond acceptors (Lipinski definition) is 7. The maximum absolute atomic E-state index is 12.7. The number of ketones is 1. The molecule has 0 bridgehead atoms. The molecular weight excluding hydrogens is 468 g/mol. The van der Waals surface area contributed by atoms with Crippen molar-refractivity contribution >= 4 is 33.3 Å². The van der Waals surface area contributed by atoms with Gasteiger partial charge in [-0.15, -0.1) is 11.3 Å². The number of carboxylic acid groups (broad SMARTS) is 1. The standard InChI is InChI=1S/C26H24N2O6S/c1-33-12-18-4-2-3-16(11-18)7-10-21(29)23-27-24(30)22-20(15-35-25(22)28-23)14-34-13-17-5-8-19(9-6-17)26(31)32/h2-6,8-9,11,15H,7,10,12-14H2,1H3,(H,31,32)(H,27,28,30). The largest absolute Gasteiger partial charge is 0.478 e. The molecule has 0 aliphatic rings. The van der Waals surface area contributed by atoms with Crippen LogP contribution in [0.4, 0.5) is 0 Å². The number of aromatic nitrogens is 2. The van der Waals surface area contributed by atoms with Crippen molar-refractivity contribution in [1.29, 1.82) is 0 Å². The lowest BCUT2D eigenvalue weighted by molar-refractivity contribution is 0.0696. The molecule has 35 heavy (non-hydrogen) atoms. The van der Waals surface area contributed by atoms with E-state index in [9.17, 15) is 14.4 Å². The first-order valence-electron chi connectivity index (χ1n) is 10.9. The topological polar surface area (TPSA) is 119 Å². The Bertz CT molecular complexity index is 1410. The first-order chi connectivity index (χ1) is 16.9. The molecule has 0 unspecified atom stereocenters. The number of aryl methyl sites for hydroxylation is 1. The second-order valence-electron chi connectivity index (χ2n) is 8.03.